The third-order valence-electron chi connectivity index (χ3n) is 9.18. The van der Waals surface area contributed by atoms with Crippen LogP contribution in [0.3, 0.4) is 0 Å². The number of oxazole rings is 1. The van der Waals surface area contributed by atoms with Gasteiger partial charge in [-0.15, -0.1) is 18.2 Å². The molecule has 0 spiro atoms. The zero-order valence-corrected chi connectivity index (χ0v) is 32.3. The molecular weight excluding hydrogens is 879 g/mol. The topological polar surface area (TPSA) is 77.8 Å². The van der Waals surface area contributed by atoms with Crippen LogP contribution in [-0.4, -0.2) is 19.9 Å². The van der Waals surface area contributed by atoms with E-state index in [4.69, 9.17) is 28.8 Å². The van der Waals surface area contributed by atoms with Crippen LogP contribution in [0, 0.1) is 43.2 Å². The molecule has 6 nitrogen and oxygen atoms in total. The normalized spacial score (nSPS) is 11.2. The summed E-state index contributed by atoms with van der Waals surface area (Å²) in [4.78, 5) is 19.7. The Kier molecular flexibility index (Phi) is 8.52. The van der Waals surface area contributed by atoms with Crippen LogP contribution in [-0.2, 0) is 0 Å². The van der Waals surface area contributed by atoms with Gasteiger partial charge in [-0.05, 0) is 41.5 Å². The van der Waals surface area contributed by atoms with E-state index in [1.165, 1.54) is 0 Å². The summed E-state index contributed by atoms with van der Waals surface area (Å²) in [7, 11) is 0. The maximum absolute atomic E-state index is 6.39. The Morgan fingerprint density at radius 2 is 1.09 bits per heavy atom. The third-order valence-corrected chi connectivity index (χ3v) is 9.18. The number of hydrogen-bond acceptors (Lipinski definition) is 6. The van der Waals surface area contributed by atoms with E-state index in [-0.39, 0.29) is 31.1 Å². The average Bonchev–Trinajstić information content (AvgIpc) is 3.83. The first-order chi connectivity index (χ1) is 25.7. The van der Waals surface area contributed by atoms with Crippen LogP contribution in [0.1, 0.15) is 0 Å². The molecule has 53 heavy (non-hydrogen) atoms. The molecule has 0 bridgehead atoms. The molecule has 0 unspecified atom stereocenters. The van der Waals surface area contributed by atoms with Crippen LogP contribution in [0.15, 0.2) is 167 Å². The number of rotatable bonds is 6. The minimum absolute atomic E-state index is 0. The standard InChI is InChI=1S/C46H26N4O2.U/c1-4-12-29(13-5-1)32-18-10-19-35(26-32)46-47-38-24-22-34(28-41(38)52-46)33-23-25-39-37(27-33)42-36(20-11-21-40(42)51-39)45-49-43(30-14-6-2-7-15-30)48-44(50-45)31-16-8-3-9-17-31;/h1-12,14-25,27-28H;/q-2;+2. The van der Waals surface area contributed by atoms with Crippen molar-refractivity contribution in [2.24, 2.45) is 0 Å². The van der Waals surface area contributed by atoms with Gasteiger partial charge < -0.3 is 8.83 Å². The molecule has 10 rings (SSSR count). The van der Waals surface area contributed by atoms with Gasteiger partial charge in [-0.25, -0.2) is 25.5 Å². The minimum Gasteiger partial charge on any atom is -0.472 e. The van der Waals surface area contributed by atoms with E-state index < -0.39 is 0 Å². The monoisotopic (exact) mass is 904 g/mol. The maximum Gasteiger partial charge on any atom is 2.00 e. The summed E-state index contributed by atoms with van der Waals surface area (Å²) >= 11 is 0. The fourth-order valence-corrected chi connectivity index (χ4v) is 6.65. The van der Waals surface area contributed by atoms with Crippen LogP contribution >= 0.6 is 0 Å². The molecule has 0 fully saturated rings. The Bertz CT molecular complexity index is 2850. The molecule has 7 heteroatoms. The second-order valence-corrected chi connectivity index (χ2v) is 12.5. The Morgan fingerprint density at radius 3 is 1.85 bits per heavy atom. The molecule has 3 heterocycles. The smallest absolute Gasteiger partial charge is 0.472 e. The fraction of sp³-hybridized carbons (Fsp3) is 0. The molecule has 246 valence electrons. The molecule has 0 aliphatic rings. The first-order valence-corrected chi connectivity index (χ1v) is 17.0. The van der Waals surface area contributed by atoms with Crippen molar-refractivity contribution in [1.29, 1.82) is 0 Å². The summed E-state index contributed by atoms with van der Waals surface area (Å²) < 4.78 is 12.7. The first kappa shape index (κ1) is 32.8. The molecule has 7 aromatic carbocycles. The Hall–Kier alpha value is -6.13. The van der Waals surface area contributed by atoms with E-state index in [1.807, 2.05) is 140 Å². The maximum atomic E-state index is 6.39. The van der Waals surface area contributed by atoms with Gasteiger partial charge in [0.05, 0.1) is 5.52 Å². The van der Waals surface area contributed by atoms with Crippen LogP contribution in [0.2, 0.25) is 0 Å². The molecule has 10 aromatic rings. The second-order valence-electron chi connectivity index (χ2n) is 12.5. The van der Waals surface area contributed by atoms with E-state index in [1.54, 1.807) is 0 Å². The van der Waals surface area contributed by atoms with Crippen LogP contribution in [0.5, 0.6) is 0 Å². The molecule has 0 radical (unpaired) electrons. The van der Waals surface area contributed by atoms with E-state index in [0.717, 1.165) is 72.0 Å². The summed E-state index contributed by atoms with van der Waals surface area (Å²) in [5, 5.41) is 1.91. The van der Waals surface area contributed by atoms with Crippen molar-refractivity contribution in [3.8, 4) is 67.9 Å². The van der Waals surface area contributed by atoms with Gasteiger partial charge in [0.2, 0.25) is 0 Å². The quantitative estimate of drug-likeness (QED) is 0.155. The van der Waals surface area contributed by atoms with Crippen molar-refractivity contribution in [2.45, 2.75) is 0 Å². The van der Waals surface area contributed by atoms with Gasteiger partial charge >= 0.3 is 31.1 Å². The molecule has 0 aliphatic heterocycles. The van der Waals surface area contributed by atoms with E-state index in [0.29, 0.717) is 28.9 Å². The van der Waals surface area contributed by atoms with Crippen molar-refractivity contribution < 1.29 is 39.9 Å². The van der Waals surface area contributed by atoms with Gasteiger partial charge in [0.25, 0.3) is 0 Å². The first-order valence-electron chi connectivity index (χ1n) is 17.0. The van der Waals surface area contributed by atoms with Crippen molar-refractivity contribution >= 4 is 33.0 Å². The number of aromatic nitrogens is 4. The van der Waals surface area contributed by atoms with Crippen molar-refractivity contribution in [3.63, 3.8) is 0 Å². The van der Waals surface area contributed by atoms with Crippen LogP contribution in [0.25, 0.3) is 101 Å². The van der Waals surface area contributed by atoms with Crippen molar-refractivity contribution in [2.75, 3.05) is 0 Å². The summed E-state index contributed by atoms with van der Waals surface area (Å²) in [5.74, 6) is 2.32. The van der Waals surface area contributed by atoms with E-state index in [2.05, 4.69) is 30.3 Å². The Labute approximate surface area is 328 Å². The Morgan fingerprint density at radius 1 is 0.434 bits per heavy atom. The molecule has 0 saturated carbocycles. The minimum atomic E-state index is 0. The number of hydrogen-bond donors (Lipinski definition) is 0. The zero-order valence-electron chi connectivity index (χ0n) is 28.1. The van der Waals surface area contributed by atoms with Crippen LogP contribution in [0.4, 0.5) is 0 Å². The third kappa shape index (κ3) is 6.14. The largest absolute Gasteiger partial charge is 2.00 e. The van der Waals surface area contributed by atoms with Crippen molar-refractivity contribution in [3.05, 3.63) is 170 Å². The second kappa shape index (κ2) is 13.8. The van der Waals surface area contributed by atoms with Gasteiger partial charge in [-0.3, -0.25) is 0 Å². The Balaban J connectivity index is 0.00000372. The average molecular weight is 905 g/mol. The van der Waals surface area contributed by atoms with Crippen molar-refractivity contribution in [1.82, 2.24) is 19.9 Å². The summed E-state index contributed by atoms with van der Waals surface area (Å²) in [5.41, 5.74) is 10.4. The number of furan rings is 1. The van der Waals surface area contributed by atoms with E-state index in [9.17, 15) is 0 Å². The summed E-state index contributed by atoms with van der Waals surface area (Å²) in [6, 6.07) is 58.9. The molecule has 0 atom stereocenters. The van der Waals surface area contributed by atoms with Gasteiger partial charge in [0.15, 0.2) is 23.4 Å². The van der Waals surface area contributed by atoms with E-state index >= 15 is 0 Å². The number of benzene rings is 7. The zero-order chi connectivity index (χ0) is 34.4. The van der Waals surface area contributed by atoms with Gasteiger partial charge in [0.1, 0.15) is 16.7 Å². The number of nitrogens with zero attached hydrogens (tertiary/aromatic N) is 4. The molecule has 3 aromatic heterocycles. The summed E-state index contributed by atoms with van der Waals surface area (Å²) in [6.45, 7) is 0. The number of fused-ring (bicyclic) bond motifs is 4. The summed E-state index contributed by atoms with van der Waals surface area (Å²) in [6.07, 6.45) is 0. The molecular formula is C46H26N4O2U. The molecule has 0 amide bonds. The van der Waals surface area contributed by atoms with Gasteiger partial charge in [-0.1, -0.05) is 90.5 Å². The molecule has 0 saturated heterocycles. The predicted molar refractivity (Wildman–Crippen MR) is 205 cm³/mol. The molecule has 0 N–H and O–H groups in total. The SMILES string of the molecule is [U+2].[c-]1ccccc1-c1[c-]c(-c2nc3ccc(-c4ccc5oc6cccc(-c7nc(-c8ccccc8)nc(-c8ccccc8)n7)c6c5c4)cc3o2)ccc1. The van der Waals surface area contributed by atoms with Crippen LogP contribution < -0.4 is 0 Å². The van der Waals surface area contributed by atoms with Gasteiger partial charge in [0, 0.05) is 27.5 Å². The fourth-order valence-electron chi connectivity index (χ4n) is 6.65. The predicted octanol–water partition coefficient (Wildman–Crippen LogP) is 11.5. The molecule has 0 aliphatic carbocycles. The van der Waals surface area contributed by atoms with Gasteiger partial charge in [-0.2, -0.15) is 42.0 Å².